The number of nitrogens with zero attached hydrogens (tertiary/aromatic N) is 2. The Balaban J connectivity index is 1.61. The average molecular weight is 356 g/mol. The van der Waals surface area contributed by atoms with E-state index in [0.29, 0.717) is 24.2 Å². The van der Waals surface area contributed by atoms with Crippen molar-refractivity contribution in [3.63, 3.8) is 0 Å². The number of aromatic nitrogens is 2. The van der Waals surface area contributed by atoms with Crippen molar-refractivity contribution in [2.75, 3.05) is 20.2 Å². The van der Waals surface area contributed by atoms with Crippen molar-refractivity contribution >= 4 is 17.8 Å². The summed E-state index contributed by atoms with van der Waals surface area (Å²) in [5.41, 5.74) is 7.26. The Morgan fingerprint density at radius 2 is 1.77 bits per heavy atom. The highest BCUT2D eigenvalue weighted by Crippen LogP contribution is 2.27. The monoisotopic (exact) mass is 356 g/mol. The van der Waals surface area contributed by atoms with Gasteiger partial charge in [0.15, 0.2) is 0 Å². The third-order valence-electron chi connectivity index (χ3n) is 4.63. The quantitative estimate of drug-likeness (QED) is 0.801. The highest BCUT2D eigenvalue weighted by molar-refractivity contribution is 5.96. The number of primary amides is 1. The van der Waals surface area contributed by atoms with Crippen LogP contribution in [0.1, 0.15) is 55.7 Å². The fraction of sp³-hybridized carbons (Fsp3) is 0.333. The van der Waals surface area contributed by atoms with Crippen LogP contribution >= 0.6 is 0 Å². The van der Waals surface area contributed by atoms with Crippen molar-refractivity contribution in [2.45, 2.75) is 18.8 Å². The number of amides is 2. The molecule has 8 nitrogen and oxygen atoms in total. The van der Waals surface area contributed by atoms with Crippen molar-refractivity contribution < 1.29 is 19.1 Å². The van der Waals surface area contributed by atoms with E-state index in [4.69, 9.17) is 5.73 Å². The van der Waals surface area contributed by atoms with Gasteiger partial charge in [-0.05, 0) is 43.2 Å². The van der Waals surface area contributed by atoms with Crippen LogP contribution < -0.4 is 5.73 Å². The molecule has 0 radical (unpaired) electrons. The standard InChI is InChI=1S/C18H20N4O4/c1-26-18(25)13-4-2-12(3-5-13)17(24)22-8-6-11(7-9-22)14-10-15(16(19)23)21-20-14/h2-5,10-11H,6-9H2,1H3,(H2,19,23)(H,20,21). The molecule has 136 valence electrons. The molecule has 0 unspecified atom stereocenters. The number of methoxy groups -OCH3 is 1. The summed E-state index contributed by atoms with van der Waals surface area (Å²) in [6, 6.07) is 8.11. The molecule has 1 fully saturated rings. The summed E-state index contributed by atoms with van der Waals surface area (Å²) in [5.74, 6) is -0.848. The molecule has 0 spiro atoms. The fourth-order valence-electron chi connectivity index (χ4n) is 3.11. The fourth-order valence-corrected chi connectivity index (χ4v) is 3.11. The molecule has 2 heterocycles. The van der Waals surface area contributed by atoms with Crippen molar-refractivity contribution in [2.24, 2.45) is 5.73 Å². The Morgan fingerprint density at radius 1 is 1.15 bits per heavy atom. The zero-order valence-corrected chi connectivity index (χ0v) is 14.4. The van der Waals surface area contributed by atoms with Gasteiger partial charge in [-0.25, -0.2) is 4.79 Å². The number of carbonyl (C=O) groups excluding carboxylic acids is 3. The number of aromatic amines is 1. The van der Waals surface area contributed by atoms with Crippen LogP contribution in [0.2, 0.25) is 0 Å². The van der Waals surface area contributed by atoms with Gasteiger partial charge in [0.25, 0.3) is 11.8 Å². The summed E-state index contributed by atoms with van der Waals surface area (Å²) in [7, 11) is 1.32. The lowest BCUT2D eigenvalue weighted by Crippen LogP contribution is -2.38. The number of piperidine rings is 1. The van der Waals surface area contributed by atoms with Gasteiger partial charge in [-0.15, -0.1) is 0 Å². The maximum absolute atomic E-state index is 12.6. The van der Waals surface area contributed by atoms with Crippen LogP contribution in [0.3, 0.4) is 0 Å². The summed E-state index contributed by atoms with van der Waals surface area (Å²) >= 11 is 0. The number of hydrogen-bond acceptors (Lipinski definition) is 5. The second-order valence-electron chi connectivity index (χ2n) is 6.21. The topological polar surface area (TPSA) is 118 Å². The van der Waals surface area contributed by atoms with E-state index in [-0.39, 0.29) is 17.5 Å². The van der Waals surface area contributed by atoms with Gasteiger partial charge >= 0.3 is 5.97 Å². The third kappa shape index (κ3) is 3.58. The van der Waals surface area contributed by atoms with Gasteiger partial charge in [0.1, 0.15) is 5.69 Å². The van der Waals surface area contributed by atoms with Crippen LogP contribution in [0.5, 0.6) is 0 Å². The van der Waals surface area contributed by atoms with Crippen molar-refractivity contribution in [1.82, 2.24) is 15.1 Å². The van der Waals surface area contributed by atoms with Gasteiger partial charge in [0, 0.05) is 30.3 Å². The van der Waals surface area contributed by atoms with E-state index in [1.165, 1.54) is 7.11 Å². The molecule has 26 heavy (non-hydrogen) atoms. The predicted octanol–water partition coefficient (Wildman–Crippen LogP) is 1.31. The first kappa shape index (κ1) is 17.7. The minimum Gasteiger partial charge on any atom is -0.465 e. The molecule has 1 saturated heterocycles. The zero-order chi connectivity index (χ0) is 18.7. The number of likely N-dealkylation sites (tertiary alicyclic amines) is 1. The van der Waals surface area contributed by atoms with Crippen molar-refractivity contribution in [1.29, 1.82) is 0 Å². The van der Waals surface area contributed by atoms with E-state index in [1.807, 2.05) is 0 Å². The Kier molecular flexibility index (Phi) is 5.01. The highest BCUT2D eigenvalue weighted by Gasteiger charge is 2.26. The van der Waals surface area contributed by atoms with E-state index in [2.05, 4.69) is 14.9 Å². The molecule has 2 aromatic rings. The molecule has 0 bridgehead atoms. The lowest BCUT2D eigenvalue weighted by molar-refractivity contribution is 0.0599. The zero-order valence-electron chi connectivity index (χ0n) is 14.4. The third-order valence-corrected chi connectivity index (χ3v) is 4.63. The molecular weight excluding hydrogens is 336 g/mol. The van der Waals surface area contributed by atoms with Crippen LogP contribution in [-0.4, -0.2) is 53.1 Å². The molecule has 1 aromatic heterocycles. The number of H-pyrrole nitrogens is 1. The maximum atomic E-state index is 12.6. The first-order chi connectivity index (χ1) is 12.5. The highest BCUT2D eigenvalue weighted by atomic mass is 16.5. The Bertz CT molecular complexity index is 820. The smallest absolute Gasteiger partial charge is 0.337 e. The molecule has 1 aromatic carbocycles. The van der Waals surface area contributed by atoms with Gasteiger partial charge in [0.05, 0.1) is 12.7 Å². The van der Waals surface area contributed by atoms with Gasteiger partial charge in [-0.3, -0.25) is 14.7 Å². The Morgan fingerprint density at radius 3 is 2.31 bits per heavy atom. The van der Waals surface area contributed by atoms with Crippen LogP contribution in [0, 0.1) is 0 Å². The van der Waals surface area contributed by atoms with Crippen molar-refractivity contribution in [3.8, 4) is 0 Å². The predicted molar refractivity (Wildman–Crippen MR) is 92.8 cm³/mol. The van der Waals surface area contributed by atoms with Crippen LogP contribution in [0.25, 0.3) is 0 Å². The first-order valence-electron chi connectivity index (χ1n) is 8.32. The number of hydrogen-bond donors (Lipinski definition) is 2. The van der Waals surface area contributed by atoms with E-state index in [1.54, 1.807) is 35.2 Å². The lowest BCUT2D eigenvalue weighted by atomic mass is 9.93. The van der Waals surface area contributed by atoms with Gasteiger partial charge in [-0.1, -0.05) is 0 Å². The molecule has 1 aliphatic heterocycles. The average Bonchev–Trinajstić information content (AvgIpc) is 3.17. The van der Waals surface area contributed by atoms with E-state index in [9.17, 15) is 14.4 Å². The molecule has 8 heteroatoms. The number of nitrogens with two attached hydrogens (primary N) is 1. The SMILES string of the molecule is COC(=O)c1ccc(C(=O)N2CCC(c3cc(C(N)=O)n[nH]3)CC2)cc1. The summed E-state index contributed by atoms with van der Waals surface area (Å²) in [5, 5.41) is 6.76. The summed E-state index contributed by atoms with van der Waals surface area (Å²) < 4.78 is 4.65. The number of rotatable bonds is 4. The normalized spacial score (nSPS) is 14.9. The minimum absolute atomic E-state index is 0.0673. The summed E-state index contributed by atoms with van der Waals surface area (Å²) in [4.78, 5) is 37.0. The maximum Gasteiger partial charge on any atom is 0.337 e. The molecular formula is C18H20N4O4. The van der Waals surface area contributed by atoms with Gasteiger partial charge < -0.3 is 15.4 Å². The number of ether oxygens (including phenoxy) is 1. The molecule has 0 atom stereocenters. The first-order valence-corrected chi connectivity index (χ1v) is 8.32. The number of esters is 1. The Hall–Kier alpha value is -3.16. The van der Waals surface area contributed by atoms with E-state index >= 15 is 0 Å². The molecule has 0 saturated carbocycles. The molecule has 0 aliphatic carbocycles. The molecule has 3 rings (SSSR count). The van der Waals surface area contributed by atoms with Gasteiger partial charge in [0.2, 0.25) is 0 Å². The number of carbonyl (C=O) groups is 3. The van der Waals surface area contributed by atoms with Crippen LogP contribution in [0.4, 0.5) is 0 Å². The molecule has 3 N–H and O–H groups in total. The largest absolute Gasteiger partial charge is 0.465 e. The minimum atomic E-state index is -0.560. The van der Waals surface area contributed by atoms with E-state index < -0.39 is 11.9 Å². The summed E-state index contributed by atoms with van der Waals surface area (Å²) in [6.07, 6.45) is 1.54. The number of nitrogens with one attached hydrogen (secondary N) is 1. The molecule has 1 aliphatic rings. The second-order valence-corrected chi connectivity index (χ2v) is 6.21. The second kappa shape index (κ2) is 7.38. The lowest BCUT2D eigenvalue weighted by Gasteiger charge is -2.31. The van der Waals surface area contributed by atoms with Gasteiger partial charge in [-0.2, -0.15) is 5.10 Å². The van der Waals surface area contributed by atoms with Crippen LogP contribution in [0.15, 0.2) is 30.3 Å². The van der Waals surface area contributed by atoms with Crippen LogP contribution in [-0.2, 0) is 4.74 Å². The van der Waals surface area contributed by atoms with E-state index in [0.717, 1.165) is 18.5 Å². The summed E-state index contributed by atoms with van der Waals surface area (Å²) in [6.45, 7) is 1.21. The Labute approximate surface area is 150 Å². The molecule has 2 amide bonds. The van der Waals surface area contributed by atoms with Crippen molar-refractivity contribution in [3.05, 3.63) is 52.8 Å². The number of benzene rings is 1.